The summed E-state index contributed by atoms with van der Waals surface area (Å²) in [6.07, 6.45) is 1.59. The molecule has 0 atom stereocenters. The third-order valence-corrected chi connectivity index (χ3v) is 3.67. The van der Waals surface area contributed by atoms with Gasteiger partial charge < -0.3 is 0 Å². The lowest BCUT2D eigenvalue weighted by Gasteiger charge is -1.98. The van der Waals surface area contributed by atoms with Crippen LogP contribution < -0.4 is 0 Å². The van der Waals surface area contributed by atoms with E-state index in [1.807, 2.05) is 11.4 Å². The van der Waals surface area contributed by atoms with Crippen LogP contribution in [0.1, 0.15) is 21.2 Å². The van der Waals surface area contributed by atoms with Crippen LogP contribution in [0.4, 0.5) is 0 Å². The highest BCUT2D eigenvalue weighted by molar-refractivity contribution is 9.10. The Balaban J connectivity index is 2.41. The molecule has 2 rings (SSSR count). The Bertz CT molecular complexity index is 510. The molecule has 5 heteroatoms. The molecule has 2 aromatic rings. The maximum absolute atomic E-state index is 12.0. The van der Waals surface area contributed by atoms with Crippen molar-refractivity contribution in [3.63, 3.8) is 0 Å². The van der Waals surface area contributed by atoms with Crippen molar-refractivity contribution in [3.05, 3.63) is 44.6 Å². The highest BCUT2D eigenvalue weighted by Gasteiger charge is 2.15. The minimum absolute atomic E-state index is 0.0672. The molecule has 0 saturated heterocycles. The monoisotopic (exact) mass is 282 g/mol. The summed E-state index contributed by atoms with van der Waals surface area (Å²) in [6.45, 7) is 1.76. The molecule has 2 heterocycles. The average Bonchev–Trinajstić information content (AvgIpc) is 2.63. The van der Waals surface area contributed by atoms with Crippen molar-refractivity contribution in [2.75, 3.05) is 0 Å². The molecule has 0 bridgehead atoms. The Labute approximate surface area is 99.3 Å². The molecule has 0 amide bonds. The lowest BCUT2D eigenvalue weighted by Crippen LogP contribution is -2.04. The molecule has 0 radical (unpaired) electrons. The largest absolute Gasteiger partial charge is 0.286 e. The van der Waals surface area contributed by atoms with Crippen molar-refractivity contribution >= 4 is 33.0 Å². The fourth-order valence-electron chi connectivity index (χ4n) is 1.15. The normalized spacial score (nSPS) is 10.3. The summed E-state index contributed by atoms with van der Waals surface area (Å²) < 4.78 is 0.814. The number of thiophene rings is 1. The summed E-state index contributed by atoms with van der Waals surface area (Å²) in [7, 11) is 0. The van der Waals surface area contributed by atoms with Crippen molar-refractivity contribution in [2.45, 2.75) is 6.92 Å². The van der Waals surface area contributed by atoms with Crippen LogP contribution >= 0.6 is 27.3 Å². The minimum atomic E-state index is -0.0672. The molecule has 3 nitrogen and oxygen atoms in total. The number of aryl methyl sites for hydroxylation is 1. The van der Waals surface area contributed by atoms with E-state index < -0.39 is 0 Å². The van der Waals surface area contributed by atoms with E-state index in [-0.39, 0.29) is 5.78 Å². The minimum Gasteiger partial charge on any atom is -0.286 e. The van der Waals surface area contributed by atoms with Gasteiger partial charge in [-0.2, -0.15) is 0 Å². The van der Waals surface area contributed by atoms with Gasteiger partial charge in [0.05, 0.1) is 4.88 Å². The zero-order valence-electron chi connectivity index (χ0n) is 7.90. The van der Waals surface area contributed by atoms with Gasteiger partial charge >= 0.3 is 0 Å². The highest BCUT2D eigenvalue weighted by atomic mass is 79.9. The molecule has 0 aliphatic carbocycles. The number of carbonyl (C=O) groups is 1. The van der Waals surface area contributed by atoms with E-state index in [4.69, 9.17) is 0 Å². The molecule has 15 heavy (non-hydrogen) atoms. The smallest absolute Gasteiger partial charge is 0.222 e. The van der Waals surface area contributed by atoms with Crippen molar-refractivity contribution < 1.29 is 4.79 Å². The first-order valence-corrected chi connectivity index (χ1v) is 5.93. The van der Waals surface area contributed by atoms with E-state index in [0.29, 0.717) is 16.4 Å². The standard InChI is InChI=1S/C10H7BrN2OS/c1-6-12-4-2-8(13-6)9(14)10-7(11)3-5-15-10/h2-5H,1H3. The second kappa shape index (κ2) is 4.20. The van der Waals surface area contributed by atoms with E-state index in [0.717, 1.165) is 4.47 Å². The molecule has 0 fully saturated rings. The van der Waals surface area contributed by atoms with Crippen molar-refractivity contribution in [2.24, 2.45) is 0 Å². The van der Waals surface area contributed by atoms with Gasteiger partial charge in [0.2, 0.25) is 5.78 Å². The molecule has 0 aliphatic heterocycles. The topological polar surface area (TPSA) is 42.9 Å². The van der Waals surface area contributed by atoms with Crippen LogP contribution in [0, 0.1) is 6.92 Å². The van der Waals surface area contributed by atoms with Gasteiger partial charge in [-0.1, -0.05) is 0 Å². The van der Waals surface area contributed by atoms with E-state index in [2.05, 4.69) is 25.9 Å². The number of ketones is 1. The Hall–Kier alpha value is -1.07. The van der Waals surface area contributed by atoms with Gasteiger partial charge in [-0.05, 0) is 40.4 Å². The number of nitrogens with zero attached hydrogens (tertiary/aromatic N) is 2. The summed E-state index contributed by atoms with van der Waals surface area (Å²) in [5.41, 5.74) is 0.436. The van der Waals surface area contributed by atoms with Crippen LogP contribution in [0.3, 0.4) is 0 Å². The van der Waals surface area contributed by atoms with Crippen LogP contribution in [-0.2, 0) is 0 Å². The number of carbonyl (C=O) groups excluding carboxylic acids is 1. The maximum atomic E-state index is 12.0. The third kappa shape index (κ3) is 2.13. The number of aromatic nitrogens is 2. The van der Waals surface area contributed by atoms with Crippen LogP contribution in [0.2, 0.25) is 0 Å². The Morgan fingerprint density at radius 2 is 2.27 bits per heavy atom. The van der Waals surface area contributed by atoms with E-state index in [1.54, 1.807) is 19.2 Å². The lowest BCUT2D eigenvalue weighted by atomic mass is 10.2. The van der Waals surface area contributed by atoms with Crippen molar-refractivity contribution in [3.8, 4) is 0 Å². The van der Waals surface area contributed by atoms with E-state index >= 15 is 0 Å². The number of hydrogen-bond acceptors (Lipinski definition) is 4. The Morgan fingerprint density at radius 3 is 2.87 bits per heavy atom. The second-order valence-corrected chi connectivity index (χ2v) is 4.69. The van der Waals surface area contributed by atoms with Crippen LogP contribution in [-0.4, -0.2) is 15.8 Å². The molecule has 0 aromatic carbocycles. The molecule has 2 aromatic heterocycles. The second-order valence-electron chi connectivity index (χ2n) is 2.92. The summed E-state index contributed by atoms with van der Waals surface area (Å²) in [4.78, 5) is 20.7. The summed E-state index contributed by atoms with van der Waals surface area (Å²) >= 11 is 4.73. The first-order valence-electron chi connectivity index (χ1n) is 4.26. The average molecular weight is 283 g/mol. The number of rotatable bonds is 2. The first kappa shape index (κ1) is 10.4. The molecule has 0 aliphatic rings. The predicted octanol–water partition coefficient (Wildman–Crippen LogP) is 2.84. The molecular weight excluding hydrogens is 276 g/mol. The SMILES string of the molecule is Cc1nccc(C(=O)c2sccc2Br)n1. The van der Waals surface area contributed by atoms with Gasteiger partial charge in [0.25, 0.3) is 0 Å². The van der Waals surface area contributed by atoms with Crippen LogP contribution in [0.15, 0.2) is 28.2 Å². The Morgan fingerprint density at radius 1 is 1.47 bits per heavy atom. The molecule has 0 N–H and O–H groups in total. The zero-order valence-corrected chi connectivity index (χ0v) is 10.3. The summed E-state index contributed by atoms with van der Waals surface area (Å²) in [5.74, 6) is 0.538. The van der Waals surface area contributed by atoms with E-state index in [1.165, 1.54) is 11.3 Å². The third-order valence-electron chi connectivity index (χ3n) is 1.83. The van der Waals surface area contributed by atoms with Gasteiger partial charge in [-0.25, -0.2) is 9.97 Å². The summed E-state index contributed by atoms with van der Waals surface area (Å²) in [5, 5.41) is 1.87. The van der Waals surface area contributed by atoms with Crippen molar-refractivity contribution in [1.29, 1.82) is 0 Å². The summed E-state index contributed by atoms with van der Waals surface area (Å²) in [6, 6.07) is 3.48. The maximum Gasteiger partial charge on any atom is 0.222 e. The van der Waals surface area contributed by atoms with E-state index in [9.17, 15) is 4.79 Å². The first-order chi connectivity index (χ1) is 7.18. The molecule has 0 saturated carbocycles. The van der Waals surface area contributed by atoms with Crippen LogP contribution in [0.25, 0.3) is 0 Å². The van der Waals surface area contributed by atoms with Crippen LogP contribution in [0.5, 0.6) is 0 Å². The number of halogens is 1. The Kier molecular flexibility index (Phi) is 2.93. The highest BCUT2D eigenvalue weighted by Crippen LogP contribution is 2.24. The van der Waals surface area contributed by atoms with Gasteiger partial charge in [0.1, 0.15) is 11.5 Å². The van der Waals surface area contributed by atoms with Gasteiger partial charge in [0.15, 0.2) is 0 Å². The van der Waals surface area contributed by atoms with Crippen molar-refractivity contribution in [1.82, 2.24) is 9.97 Å². The zero-order chi connectivity index (χ0) is 10.8. The fraction of sp³-hybridized carbons (Fsp3) is 0.100. The van der Waals surface area contributed by atoms with Gasteiger partial charge in [-0.3, -0.25) is 4.79 Å². The number of hydrogen-bond donors (Lipinski definition) is 0. The molecule has 76 valence electrons. The molecular formula is C10H7BrN2OS. The lowest BCUT2D eigenvalue weighted by molar-refractivity contribution is 0.103. The molecule has 0 spiro atoms. The quantitative estimate of drug-likeness (QED) is 0.796. The fourth-order valence-corrected chi connectivity index (χ4v) is 2.65. The van der Waals surface area contributed by atoms with Gasteiger partial charge in [-0.15, -0.1) is 11.3 Å². The molecule has 0 unspecified atom stereocenters. The van der Waals surface area contributed by atoms with Gasteiger partial charge in [0, 0.05) is 10.7 Å². The predicted molar refractivity (Wildman–Crippen MR) is 62.2 cm³/mol.